The van der Waals surface area contributed by atoms with E-state index in [9.17, 15) is 26.3 Å². The maximum Gasteiger partial charge on any atom is 0.417 e. The van der Waals surface area contributed by atoms with Gasteiger partial charge in [-0.1, -0.05) is 23.2 Å². The molecule has 1 aromatic carbocycles. The SMILES string of the molecule is FC(F)(F)c1cc(C(F)(F)F)c(Br)c(Cl)c1Cl. The smallest absolute Gasteiger partial charge is 0.166 e. The van der Waals surface area contributed by atoms with Crippen LogP contribution in [0.5, 0.6) is 0 Å². The van der Waals surface area contributed by atoms with Gasteiger partial charge >= 0.3 is 12.4 Å². The zero-order valence-corrected chi connectivity index (χ0v) is 10.6. The van der Waals surface area contributed by atoms with Gasteiger partial charge in [0, 0.05) is 4.47 Å². The molecule has 0 amide bonds. The zero-order valence-electron chi connectivity index (χ0n) is 7.48. The first kappa shape index (κ1) is 14.9. The Balaban J connectivity index is 3.63. The molecule has 0 radical (unpaired) electrons. The van der Waals surface area contributed by atoms with E-state index in [1.807, 2.05) is 0 Å². The highest BCUT2D eigenvalue weighted by atomic mass is 79.9. The number of alkyl halides is 6. The fraction of sp³-hybridized carbons (Fsp3) is 0.250. The topological polar surface area (TPSA) is 0 Å². The van der Waals surface area contributed by atoms with Crippen LogP contribution in [0.3, 0.4) is 0 Å². The number of hydrogen-bond donors (Lipinski definition) is 0. The van der Waals surface area contributed by atoms with E-state index in [1.165, 1.54) is 0 Å². The summed E-state index contributed by atoms with van der Waals surface area (Å²) in [5.41, 5.74) is -3.15. The van der Waals surface area contributed by atoms with Crippen LogP contribution in [0.1, 0.15) is 11.1 Å². The maximum absolute atomic E-state index is 12.4. The predicted molar refractivity (Wildman–Crippen MR) is 54.2 cm³/mol. The van der Waals surface area contributed by atoms with Crippen LogP contribution in [0.4, 0.5) is 26.3 Å². The second-order valence-corrected chi connectivity index (χ2v) is 4.46. The van der Waals surface area contributed by atoms with Crippen molar-refractivity contribution in [1.82, 2.24) is 0 Å². The summed E-state index contributed by atoms with van der Waals surface area (Å²) in [4.78, 5) is 0. The van der Waals surface area contributed by atoms with Crippen molar-refractivity contribution in [3.05, 3.63) is 31.7 Å². The summed E-state index contributed by atoms with van der Waals surface area (Å²) in [6.45, 7) is 0. The van der Waals surface area contributed by atoms with E-state index in [-0.39, 0.29) is 6.07 Å². The molecule has 0 N–H and O–H groups in total. The van der Waals surface area contributed by atoms with E-state index in [1.54, 1.807) is 0 Å². The standard InChI is InChI=1S/C8HBrCl2F6/c9-4-2(7(12,13)14)1-3(8(15,16)17)5(10)6(4)11/h1H. The average molecular weight is 362 g/mol. The summed E-state index contributed by atoms with van der Waals surface area (Å²) in [5, 5.41) is -1.80. The normalized spacial score (nSPS) is 13.0. The summed E-state index contributed by atoms with van der Waals surface area (Å²) in [5.74, 6) is 0. The molecule has 0 saturated heterocycles. The van der Waals surface area contributed by atoms with Crippen LogP contribution in [0.15, 0.2) is 10.5 Å². The van der Waals surface area contributed by atoms with E-state index >= 15 is 0 Å². The van der Waals surface area contributed by atoms with Gasteiger partial charge in [0.25, 0.3) is 0 Å². The summed E-state index contributed by atoms with van der Waals surface area (Å²) < 4.78 is 73.8. The third-order valence-electron chi connectivity index (χ3n) is 1.76. The van der Waals surface area contributed by atoms with Crippen LogP contribution in [0, 0.1) is 0 Å². The Morgan fingerprint density at radius 3 is 1.59 bits per heavy atom. The second-order valence-electron chi connectivity index (χ2n) is 2.91. The van der Waals surface area contributed by atoms with Crippen molar-refractivity contribution in [2.45, 2.75) is 12.4 Å². The Labute approximate surface area is 110 Å². The molecule has 0 atom stereocenters. The zero-order chi connectivity index (χ0) is 13.6. The molecular weight excluding hydrogens is 361 g/mol. The first-order valence-electron chi connectivity index (χ1n) is 3.78. The van der Waals surface area contributed by atoms with Crippen LogP contribution >= 0.6 is 39.1 Å². The van der Waals surface area contributed by atoms with Crippen LogP contribution in [-0.2, 0) is 12.4 Å². The van der Waals surface area contributed by atoms with Crippen LogP contribution in [-0.4, -0.2) is 0 Å². The molecule has 0 saturated carbocycles. The molecule has 0 fully saturated rings. The van der Waals surface area contributed by atoms with Gasteiger partial charge in [-0.3, -0.25) is 0 Å². The molecule has 0 nitrogen and oxygen atoms in total. The minimum atomic E-state index is -5.01. The van der Waals surface area contributed by atoms with Crippen molar-refractivity contribution in [1.29, 1.82) is 0 Å². The summed E-state index contributed by atoms with van der Waals surface area (Å²) in [7, 11) is 0. The van der Waals surface area contributed by atoms with Crippen molar-refractivity contribution >= 4 is 39.1 Å². The number of halogens is 9. The van der Waals surface area contributed by atoms with Gasteiger partial charge < -0.3 is 0 Å². The molecule has 9 heteroatoms. The van der Waals surface area contributed by atoms with Gasteiger partial charge in [0.05, 0.1) is 21.2 Å². The molecule has 1 rings (SSSR count). The fourth-order valence-corrected chi connectivity index (χ4v) is 2.13. The summed E-state index contributed by atoms with van der Waals surface area (Å²) in [6, 6.07) is -0.0850. The Morgan fingerprint density at radius 1 is 0.824 bits per heavy atom. The second kappa shape index (κ2) is 4.51. The molecule has 0 aliphatic carbocycles. The third kappa shape index (κ3) is 3.00. The van der Waals surface area contributed by atoms with Crippen molar-refractivity contribution in [3.8, 4) is 0 Å². The van der Waals surface area contributed by atoms with Gasteiger partial charge in [-0.15, -0.1) is 0 Å². The molecule has 0 bridgehead atoms. The lowest BCUT2D eigenvalue weighted by Gasteiger charge is -2.16. The average Bonchev–Trinajstić information content (AvgIpc) is 2.10. The van der Waals surface area contributed by atoms with Crippen molar-refractivity contribution in [3.63, 3.8) is 0 Å². The van der Waals surface area contributed by atoms with E-state index in [0.29, 0.717) is 0 Å². The first-order valence-corrected chi connectivity index (χ1v) is 5.33. The largest absolute Gasteiger partial charge is 0.417 e. The Bertz CT molecular complexity index is 413. The highest BCUT2D eigenvalue weighted by Gasteiger charge is 2.41. The van der Waals surface area contributed by atoms with Gasteiger partial charge in [0.1, 0.15) is 0 Å². The van der Waals surface area contributed by atoms with Gasteiger partial charge in [-0.05, 0) is 22.0 Å². The minimum absolute atomic E-state index is 0.0850. The first-order chi connectivity index (χ1) is 7.46. The lowest BCUT2D eigenvalue weighted by molar-refractivity contribution is -0.143. The molecule has 0 unspecified atom stereocenters. The quantitative estimate of drug-likeness (QED) is 0.405. The van der Waals surface area contributed by atoms with Gasteiger partial charge in [0.2, 0.25) is 0 Å². The number of hydrogen-bond acceptors (Lipinski definition) is 0. The van der Waals surface area contributed by atoms with E-state index in [4.69, 9.17) is 23.2 Å². The van der Waals surface area contributed by atoms with E-state index in [0.717, 1.165) is 0 Å². The van der Waals surface area contributed by atoms with Crippen molar-refractivity contribution < 1.29 is 26.3 Å². The monoisotopic (exact) mass is 360 g/mol. The Kier molecular flexibility index (Phi) is 3.96. The Morgan fingerprint density at radius 2 is 1.24 bits per heavy atom. The highest BCUT2D eigenvalue weighted by Crippen LogP contribution is 2.47. The molecular formula is C8HBrCl2F6. The Hall–Kier alpha value is -0.140. The maximum atomic E-state index is 12.4. The lowest BCUT2D eigenvalue weighted by Crippen LogP contribution is -2.12. The summed E-state index contributed by atoms with van der Waals surface area (Å²) >= 11 is 13.0. The molecule has 0 heterocycles. The minimum Gasteiger partial charge on any atom is -0.166 e. The van der Waals surface area contributed by atoms with Gasteiger partial charge in [0.15, 0.2) is 0 Å². The fourth-order valence-electron chi connectivity index (χ4n) is 1.02. The van der Waals surface area contributed by atoms with Crippen LogP contribution in [0.2, 0.25) is 10.0 Å². The van der Waals surface area contributed by atoms with Gasteiger partial charge in [-0.25, -0.2) is 0 Å². The molecule has 17 heavy (non-hydrogen) atoms. The molecule has 0 spiro atoms. The number of rotatable bonds is 0. The predicted octanol–water partition coefficient (Wildman–Crippen LogP) is 5.79. The molecule has 0 aromatic heterocycles. The third-order valence-corrected chi connectivity index (χ3v) is 3.68. The number of benzene rings is 1. The molecule has 0 aliphatic heterocycles. The van der Waals surface area contributed by atoms with Crippen molar-refractivity contribution in [2.75, 3.05) is 0 Å². The highest BCUT2D eigenvalue weighted by molar-refractivity contribution is 9.10. The van der Waals surface area contributed by atoms with Crippen LogP contribution < -0.4 is 0 Å². The van der Waals surface area contributed by atoms with E-state index < -0.39 is 38.0 Å². The van der Waals surface area contributed by atoms with Crippen LogP contribution in [0.25, 0.3) is 0 Å². The van der Waals surface area contributed by atoms with Crippen molar-refractivity contribution in [2.24, 2.45) is 0 Å². The molecule has 1 aromatic rings. The lowest BCUT2D eigenvalue weighted by atomic mass is 10.1. The van der Waals surface area contributed by atoms with Gasteiger partial charge in [-0.2, -0.15) is 26.3 Å². The van der Waals surface area contributed by atoms with E-state index in [2.05, 4.69) is 15.9 Å². The summed E-state index contributed by atoms with van der Waals surface area (Å²) in [6.07, 6.45) is -9.98. The molecule has 0 aliphatic rings. The molecule has 96 valence electrons.